The number of halogens is 3. The molecular weight excluding hydrogens is 268 g/mol. The standard InChI is InChI=1S/C10H4ClF2N3O2/c11-10-14-4-8(16(17)18)9(15-10)5-1-2-6(12)7(13)3-5/h1-4H. The van der Waals surface area contributed by atoms with Gasteiger partial charge in [0.25, 0.3) is 0 Å². The SMILES string of the molecule is O=[N+]([O-])c1cnc(Cl)nc1-c1ccc(F)c(F)c1. The Bertz CT molecular complexity index is 637. The fourth-order valence-electron chi connectivity index (χ4n) is 1.34. The van der Waals surface area contributed by atoms with Gasteiger partial charge in [0.05, 0.1) is 4.92 Å². The molecule has 0 spiro atoms. The zero-order valence-electron chi connectivity index (χ0n) is 8.60. The van der Waals surface area contributed by atoms with Crippen molar-refractivity contribution in [2.45, 2.75) is 0 Å². The van der Waals surface area contributed by atoms with Crippen molar-refractivity contribution in [3.63, 3.8) is 0 Å². The van der Waals surface area contributed by atoms with Crippen LogP contribution in [0, 0.1) is 21.7 Å². The third kappa shape index (κ3) is 2.25. The molecule has 92 valence electrons. The van der Waals surface area contributed by atoms with Crippen molar-refractivity contribution in [3.8, 4) is 11.3 Å². The Labute approximate surface area is 104 Å². The number of rotatable bonds is 2. The first-order chi connectivity index (χ1) is 8.49. The monoisotopic (exact) mass is 271 g/mol. The average molecular weight is 272 g/mol. The van der Waals surface area contributed by atoms with Gasteiger partial charge in [0, 0.05) is 5.56 Å². The third-order valence-electron chi connectivity index (χ3n) is 2.13. The minimum Gasteiger partial charge on any atom is -0.258 e. The highest BCUT2D eigenvalue weighted by atomic mass is 35.5. The van der Waals surface area contributed by atoms with Gasteiger partial charge in [-0.05, 0) is 29.8 Å². The van der Waals surface area contributed by atoms with E-state index in [1.165, 1.54) is 6.07 Å². The van der Waals surface area contributed by atoms with Crippen molar-refractivity contribution in [1.82, 2.24) is 9.97 Å². The molecule has 0 unspecified atom stereocenters. The van der Waals surface area contributed by atoms with Gasteiger partial charge in [-0.25, -0.2) is 18.7 Å². The molecule has 0 amide bonds. The highest BCUT2D eigenvalue weighted by molar-refractivity contribution is 6.28. The van der Waals surface area contributed by atoms with Gasteiger partial charge >= 0.3 is 5.69 Å². The summed E-state index contributed by atoms with van der Waals surface area (Å²) in [7, 11) is 0. The molecule has 1 aromatic carbocycles. The normalized spacial score (nSPS) is 10.4. The molecule has 0 saturated carbocycles. The molecule has 0 bridgehead atoms. The molecule has 0 N–H and O–H groups in total. The van der Waals surface area contributed by atoms with Crippen molar-refractivity contribution < 1.29 is 13.7 Å². The zero-order chi connectivity index (χ0) is 13.3. The second kappa shape index (κ2) is 4.61. The van der Waals surface area contributed by atoms with E-state index in [9.17, 15) is 18.9 Å². The van der Waals surface area contributed by atoms with E-state index >= 15 is 0 Å². The fourth-order valence-corrected chi connectivity index (χ4v) is 1.48. The van der Waals surface area contributed by atoms with E-state index in [1.54, 1.807) is 0 Å². The maximum atomic E-state index is 13.1. The summed E-state index contributed by atoms with van der Waals surface area (Å²) in [5.74, 6) is -2.18. The van der Waals surface area contributed by atoms with Crippen LogP contribution in [0.15, 0.2) is 24.4 Å². The Hall–Kier alpha value is -2.15. The highest BCUT2D eigenvalue weighted by Gasteiger charge is 2.19. The van der Waals surface area contributed by atoms with Crippen molar-refractivity contribution in [2.75, 3.05) is 0 Å². The van der Waals surface area contributed by atoms with Crippen LogP contribution in [0.5, 0.6) is 0 Å². The summed E-state index contributed by atoms with van der Waals surface area (Å²) in [5, 5.41) is 10.6. The number of nitrogens with zero attached hydrogens (tertiary/aromatic N) is 3. The van der Waals surface area contributed by atoms with Crippen LogP contribution in [0.3, 0.4) is 0 Å². The Morgan fingerprint density at radius 2 is 2.00 bits per heavy atom. The van der Waals surface area contributed by atoms with Gasteiger partial charge in [-0.2, -0.15) is 0 Å². The lowest BCUT2D eigenvalue weighted by atomic mass is 10.1. The second-order valence-corrected chi connectivity index (χ2v) is 3.60. The number of aromatic nitrogens is 2. The van der Waals surface area contributed by atoms with Crippen LogP contribution in [0.4, 0.5) is 14.5 Å². The molecule has 1 heterocycles. The summed E-state index contributed by atoms with van der Waals surface area (Å²) >= 11 is 5.53. The topological polar surface area (TPSA) is 68.9 Å². The van der Waals surface area contributed by atoms with Crippen LogP contribution >= 0.6 is 11.6 Å². The van der Waals surface area contributed by atoms with Crippen molar-refractivity contribution in [2.24, 2.45) is 0 Å². The lowest BCUT2D eigenvalue weighted by Gasteiger charge is -2.02. The maximum absolute atomic E-state index is 13.1. The molecular formula is C10H4ClF2N3O2. The van der Waals surface area contributed by atoms with E-state index in [-0.39, 0.29) is 16.5 Å². The largest absolute Gasteiger partial charge is 0.313 e. The Morgan fingerprint density at radius 3 is 2.61 bits per heavy atom. The van der Waals surface area contributed by atoms with Gasteiger partial charge in [0.15, 0.2) is 17.3 Å². The first-order valence-electron chi connectivity index (χ1n) is 4.61. The second-order valence-electron chi connectivity index (χ2n) is 3.26. The molecule has 0 radical (unpaired) electrons. The molecule has 2 aromatic rings. The highest BCUT2D eigenvalue weighted by Crippen LogP contribution is 2.28. The molecule has 0 fully saturated rings. The predicted octanol–water partition coefficient (Wildman–Crippen LogP) is 2.98. The van der Waals surface area contributed by atoms with E-state index in [2.05, 4.69) is 9.97 Å². The molecule has 0 atom stereocenters. The quantitative estimate of drug-likeness (QED) is 0.478. The van der Waals surface area contributed by atoms with Crippen LogP contribution in [0.2, 0.25) is 5.28 Å². The Morgan fingerprint density at radius 1 is 1.28 bits per heavy atom. The minimum atomic E-state index is -1.13. The summed E-state index contributed by atoms with van der Waals surface area (Å²) in [6, 6.07) is 2.83. The lowest BCUT2D eigenvalue weighted by Crippen LogP contribution is -1.97. The van der Waals surface area contributed by atoms with Gasteiger partial charge in [-0.3, -0.25) is 10.1 Å². The minimum absolute atomic E-state index is 0.0462. The number of nitro groups is 1. The van der Waals surface area contributed by atoms with Crippen LogP contribution in [-0.2, 0) is 0 Å². The molecule has 0 saturated heterocycles. The van der Waals surface area contributed by atoms with Gasteiger partial charge in [-0.15, -0.1) is 0 Å². The molecule has 1 aromatic heterocycles. The number of benzene rings is 1. The summed E-state index contributed by atoms with van der Waals surface area (Å²) in [6.07, 6.45) is 0.909. The van der Waals surface area contributed by atoms with Gasteiger partial charge in [0.2, 0.25) is 5.28 Å². The molecule has 8 heteroatoms. The first kappa shape index (κ1) is 12.3. The van der Waals surface area contributed by atoms with Gasteiger partial charge < -0.3 is 0 Å². The van der Waals surface area contributed by atoms with E-state index in [0.29, 0.717) is 0 Å². The molecule has 0 aliphatic carbocycles. The van der Waals surface area contributed by atoms with Crippen molar-refractivity contribution in [3.05, 3.63) is 51.4 Å². The average Bonchev–Trinajstić information content (AvgIpc) is 2.32. The third-order valence-corrected chi connectivity index (χ3v) is 2.31. The smallest absolute Gasteiger partial charge is 0.258 e. The number of hydrogen-bond donors (Lipinski definition) is 0. The number of hydrogen-bond acceptors (Lipinski definition) is 4. The zero-order valence-corrected chi connectivity index (χ0v) is 9.36. The van der Waals surface area contributed by atoms with Crippen molar-refractivity contribution >= 4 is 17.3 Å². The molecule has 0 aliphatic heterocycles. The van der Waals surface area contributed by atoms with E-state index in [4.69, 9.17) is 11.6 Å². The molecule has 0 aliphatic rings. The molecule has 5 nitrogen and oxygen atoms in total. The maximum Gasteiger partial charge on any atom is 0.313 e. The summed E-state index contributed by atoms with van der Waals surface area (Å²) in [6.45, 7) is 0. The van der Waals surface area contributed by atoms with Gasteiger partial charge in [0.1, 0.15) is 6.20 Å². The summed E-state index contributed by atoms with van der Waals surface area (Å²) < 4.78 is 25.9. The lowest BCUT2D eigenvalue weighted by molar-refractivity contribution is -0.384. The van der Waals surface area contributed by atoms with E-state index in [0.717, 1.165) is 18.3 Å². The summed E-state index contributed by atoms with van der Waals surface area (Å²) in [5.41, 5.74) is -0.561. The van der Waals surface area contributed by atoms with Crippen LogP contribution in [0.1, 0.15) is 0 Å². The van der Waals surface area contributed by atoms with E-state index in [1.807, 2.05) is 0 Å². The van der Waals surface area contributed by atoms with Gasteiger partial charge in [-0.1, -0.05) is 0 Å². The predicted molar refractivity (Wildman–Crippen MR) is 59.0 cm³/mol. The first-order valence-corrected chi connectivity index (χ1v) is 4.99. The van der Waals surface area contributed by atoms with Crippen LogP contribution in [-0.4, -0.2) is 14.9 Å². The van der Waals surface area contributed by atoms with Crippen LogP contribution in [0.25, 0.3) is 11.3 Å². The molecule has 18 heavy (non-hydrogen) atoms. The van der Waals surface area contributed by atoms with Crippen molar-refractivity contribution in [1.29, 1.82) is 0 Å². The molecule has 2 rings (SSSR count). The Kier molecular flexibility index (Phi) is 3.15. The Balaban J connectivity index is 2.65. The van der Waals surface area contributed by atoms with Crippen LogP contribution < -0.4 is 0 Å². The summed E-state index contributed by atoms with van der Waals surface area (Å²) in [4.78, 5) is 17.2. The van der Waals surface area contributed by atoms with E-state index < -0.39 is 22.2 Å². The fraction of sp³-hybridized carbons (Fsp3) is 0.